The number of imide groups is 1. The van der Waals surface area contributed by atoms with Gasteiger partial charge in [-0.05, 0) is 31.4 Å². The quantitative estimate of drug-likeness (QED) is 0.618. The summed E-state index contributed by atoms with van der Waals surface area (Å²) >= 11 is 5.49. The van der Waals surface area contributed by atoms with Gasteiger partial charge in [0.25, 0.3) is 11.8 Å². The molecule has 5 heteroatoms. The van der Waals surface area contributed by atoms with Gasteiger partial charge in [0.05, 0.1) is 22.5 Å². The largest absolute Gasteiger partial charge is 0.298 e. The van der Waals surface area contributed by atoms with Gasteiger partial charge in [-0.15, -0.1) is 11.6 Å². The van der Waals surface area contributed by atoms with Crippen molar-refractivity contribution in [1.82, 2.24) is 4.90 Å². The first kappa shape index (κ1) is 13.3. The molecule has 1 aliphatic heterocycles. The average Bonchev–Trinajstić information content (AvgIpc) is 3.20. The molecule has 2 amide bonds. The summed E-state index contributed by atoms with van der Waals surface area (Å²) < 4.78 is 0. The van der Waals surface area contributed by atoms with Crippen LogP contribution in [0.15, 0.2) is 24.3 Å². The second-order valence-corrected chi connectivity index (χ2v) is 5.66. The topological polar surface area (TPSA) is 54.5 Å². The van der Waals surface area contributed by atoms with Crippen molar-refractivity contribution in [3.8, 4) is 0 Å². The standard InChI is InChI=1S/C15H14ClNO3/c16-9-10(18)5-6-15(7-8-15)17-13(19)11-3-1-2-4-12(11)14(17)20/h1-4H,5-9H2. The zero-order valence-electron chi connectivity index (χ0n) is 10.9. The molecule has 4 nitrogen and oxygen atoms in total. The van der Waals surface area contributed by atoms with Crippen molar-refractivity contribution < 1.29 is 14.4 Å². The highest BCUT2D eigenvalue weighted by atomic mass is 35.5. The molecule has 1 heterocycles. The number of hydrogen-bond donors (Lipinski definition) is 0. The van der Waals surface area contributed by atoms with Gasteiger partial charge in [-0.3, -0.25) is 19.3 Å². The van der Waals surface area contributed by atoms with E-state index in [9.17, 15) is 14.4 Å². The number of carbonyl (C=O) groups excluding carboxylic acids is 3. The number of halogens is 1. The van der Waals surface area contributed by atoms with E-state index in [1.54, 1.807) is 24.3 Å². The van der Waals surface area contributed by atoms with Crippen LogP contribution in [0, 0.1) is 0 Å². The van der Waals surface area contributed by atoms with Gasteiger partial charge in [-0.25, -0.2) is 0 Å². The first-order chi connectivity index (χ1) is 9.59. The number of alkyl halides is 1. The molecule has 104 valence electrons. The van der Waals surface area contributed by atoms with Crippen LogP contribution in [0.4, 0.5) is 0 Å². The number of fused-ring (bicyclic) bond motifs is 1. The van der Waals surface area contributed by atoms with E-state index >= 15 is 0 Å². The Balaban J connectivity index is 1.84. The Morgan fingerprint density at radius 2 is 1.70 bits per heavy atom. The van der Waals surface area contributed by atoms with Crippen molar-refractivity contribution in [2.75, 3.05) is 5.88 Å². The number of amides is 2. The molecular weight excluding hydrogens is 278 g/mol. The first-order valence-corrected chi connectivity index (χ1v) is 7.18. The lowest BCUT2D eigenvalue weighted by Crippen LogP contribution is -2.42. The molecule has 0 N–H and O–H groups in total. The predicted octanol–water partition coefficient (Wildman–Crippen LogP) is 2.40. The molecule has 1 aromatic rings. The number of hydrogen-bond acceptors (Lipinski definition) is 3. The summed E-state index contributed by atoms with van der Waals surface area (Å²) in [6.07, 6.45) is 2.38. The van der Waals surface area contributed by atoms with Gasteiger partial charge in [0.1, 0.15) is 5.78 Å². The Morgan fingerprint density at radius 1 is 1.15 bits per heavy atom. The van der Waals surface area contributed by atoms with Gasteiger partial charge in [0.15, 0.2) is 0 Å². The third-order valence-electron chi connectivity index (χ3n) is 4.11. The first-order valence-electron chi connectivity index (χ1n) is 6.65. The summed E-state index contributed by atoms with van der Waals surface area (Å²) in [7, 11) is 0. The molecule has 0 saturated heterocycles. The van der Waals surface area contributed by atoms with Crippen LogP contribution in [0.2, 0.25) is 0 Å². The van der Waals surface area contributed by atoms with Crippen LogP contribution >= 0.6 is 11.6 Å². The minimum atomic E-state index is -0.463. The molecule has 0 spiro atoms. The van der Waals surface area contributed by atoms with Crippen molar-refractivity contribution in [2.45, 2.75) is 31.2 Å². The number of ketones is 1. The maximum atomic E-state index is 12.4. The van der Waals surface area contributed by atoms with Gasteiger partial charge < -0.3 is 0 Å². The molecule has 1 fully saturated rings. The van der Waals surface area contributed by atoms with Crippen LogP contribution in [0.3, 0.4) is 0 Å². The third kappa shape index (κ3) is 1.95. The fourth-order valence-electron chi connectivity index (χ4n) is 2.79. The van der Waals surface area contributed by atoms with Crippen molar-refractivity contribution in [2.24, 2.45) is 0 Å². The molecule has 0 unspecified atom stereocenters. The SMILES string of the molecule is O=C(CCl)CCC1(N2C(=O)c3ccccc3C2=O)CC1. The number of Topliss-reactive ketones (excluding diaryl/α,β-unsaturated/α-hetero) is 1. The summed E-state index contributed by atoms with van der Waals surface area (Å²) in [5.74, 6) is -0.532. The van der Waals surface area contributed by atoms with Gasteiger partial charge in [0.2, 0.25) is 0 Å². The maximum absolute atomic E-state index is 12.4. The Labute approximate surface area is 121 Å². The Bertz CT molecular complexity index is 572. The monoisotopic (exact) mass is 291 g/mol. The molecule has 0 bridgehead atoms. The zero-order valence-corrected chi connectivity index (χ0v) is 11.7. The lowest BCUT2D eigenvalue weighted by Gasteiger charge is -2.25. The van der Waals surface area contributed by atoms with E-state index in [2.05, 4.69) is 0 Å². The minimum Gasteiger partial charge on any atom is -0.298 e. The summed E-state index contributed by atoms with van der Waals surface area (Å²) in [5, 5.41) is 0. The van der Waals surface area contributed by atoms with Crippen LogP contribution in [0.5, 0.6) is 0 Å². The van der Waals surface area contributed by atoms with Gasteiger partial charge in [-0.2, -0.15) is 0 Å². The number of carbonyl (C=O) groups is 3. The number of rotatable bonds is 5. The smallest absolute Gasteiger partial charge is 0.262 e. The average molecular weight is 292 g/mol. The highest BCUT2D eigenvalue weighted by Gasteiger charge is 2.55. The van der Waals surface area contributed by atoms with E-state index in [4.69, 9.17) is 11.6 Å². The van der Waals surface area contributed by atoms with Crippen LogP contribution in [-0.2, 0) is 4.79 Å². The van der Waals surface area contributed by atoms with Gasteiger partial charge >= 0.3 is 0 Å². The van der Waals surface area contributed by atoms with E-state index in [1.165, 1.54) is 4.90 Å². The summed E-state index contributed by atoms with van der Waals surface area (Å²) in [5.41, 5.74) is 0.467. The van der Waals surface area contributed by atoms with E-state index in [1.807, 2.05) is 0 Å². The molecule has 0 radical (unpaired) electrons. The lowest BCUT2D eigenvalue weighted by molar-refractivity contribution is -0.117. The van der Waals surface area contributed by atoms with E-state index in [0.717, 1.165) is 12.8 Å². The number of nitrogens with zero attached hydrogens (tertiary/aromatic N) is 1. The fraction of sp³-hybridized carbons (Fsp3) is 0.400. The van der Waals surface area contributed by atoms with Crippen molar-refractivity contribution in [3.05, 3.63) is 35.4 Å². The van der Waals surface area contributed by atoms with Gasteiger partial charge in [0, 0.05) is 6.42 Å². The molecule has 2 aliphatic rings. The summed E-state index contributed by atoms with van der Waals surface area (Å²) in [4.78, 5) is 37.5. The second kappa shape index (κ2) is 4.70. The fourth-order valence-corrected chi connectivity index (χ4v) is 2.92. The van der Waals surface area contributed by atoms with Crippen LogP contribution in [-0.4, -0.2) is 33.9 Å². The van der Waals surface area contributed by atoms with E-state index in [0.29, 0.717) is 24.0 Å². The van der Waals surface area contributed by atoms with Crippen LogP contribution in [0.1, 0.15) is 46.4 Å². The van der Waals surface area contributed by atoms with Crippen molar-refractivity contribution >= 4 is 29.2 Å². The van der Waals surface area contributed by atoms with E-state index in [-0.39, 0.29) is 23.5 Å². The predicted molar refractivity (Wildman–Crippen MR) is 73.9 cm³/mol. The van der Waals surface area contributed by atoms with Crippen LogP contribution < -0.4 is 0 Å². The molecule has 1 aliphatic carbocycles. The van der Waals surface area contributed by atoms with Crippen LogP contribution in [0.25, 0.3) is 0 Å². The summed E-state index contributed by atoms with van der Waals surface area (Å²) in [6, 6.07) is 6.86. The summed E-state index contributed by atoms with van der Waals surface area (Å²) in [6.45, 7) is 0. The van der Waals surface area contributed by atoms with Gasteiger partial charge in [-0.1, -0.05) is 12.1 Å². The Hall–Kier alpha value is -1.68. The highest BCUT2D eigenvalue weighted by molar-refractivity contribution is 6.27. The molecule has 1 saturated carbocycles. The lowest BCUT2D eigenvalue weighted by atomic mass is 10.1. The molecule has 0 atom stereocenters. The zero-order chi connectivity index (χ0) is 14.3. The minimum absolute atomic E-state index is 0.0157. The Morgan fingerprint density at radius 3 is 2.15 bits per heavy atom. The van der Waals surface area contributed by atoms with Crippen molar-refractivity contribution in [1.29, 1.82) is 0 Å². The molecule has 0 aromatic heterocycles. The molecule has 3 rings (SSSR count). The second-order valence-electron chi connectivity index (χ2n) is 5.39. The highest BCUT2D eigenvalue weighted by Crippen LogP contribution is 2.48. The molecule has 1 aromatic carbocycles. The molecular formula is C15H14ClNO3. The van der Waals surface area contributed by atoms with E-state index < -0.39 is 5.54 Å². The van der Waals surface area contributed by atoms with Crippen molar-refractivity contribution in [3.63, 3.8) is 0 Å². The number of benzene rings is 1. The maximum Gasteiger partial charge on any atom is 0.262 e. The molecule has 20 heavy (non-hydrogen) atoms. The normalized spacial score (nSPS) is 19.1. The third-order valence-corrected chi connectivity index (χ3v) is 4.41. The Kier molecular flexibility index (Phi) is 3.13.